The Morgan fingerprint density at radius 3 is 2.55 bits per heavy atom. The quantitative estimate of drug-likeness (QED) is 0.527. The third kappa shape index (κ3) is 4.05. The SMILES string of the molecule is CC(=O)Oc1cccc(C(=S)Nc2ccc(Cl)cc2)c1. The molecule has 0 amide bonds. The van der Waals surface area contributed by atoms with E-state index in [1.807, 2.05) is 18.2 Å². The summed E-state index contributed by atoms with van der Waals surface area (Å²) < 4.78 is 5.03. The fourth-order valence-corrected chi connectivity index (χ4v) is 1.97. The number of hydrogen-bond donors (Lipinski definition) is 1. The molecule has 2 aromatic rings. The molecular weight excluding hydrogens is 294 g/mol. The Labute approximate surface area is 127 Å². The minimum atomic E-state index is -0.362. The molecule has 0 radical (unpaired) electrons. The first-order valence-electron chi connectivity index (χ1n) is 5.90. The van der Waals surface area contributed by atoms with Crippen molar-refractivity contribution in [2.24, 2.45) is 0 Å². The molecule has 0 aromatic heterocycles. The van der Waals surface area contributed by atoms with Crippen molar-refractivity contribution >= 4 is 40.5 Å². The molecule has 2 aromatic carbocycles. The summed E-state index contributed by atoms with van der Waals surface area (Å²) >= 11 is 11.1. The highest BCUT2D eigenvalue weighted by Gasteiger charge is 2.05. The summed E-state index contributed by atoms with van der Waals surface area (Å²) in [5.74, 6) is 0.106. The van der Waals surface area contributed by atoms with Crippen molar-refractivity contribution in [3.05, 3.63) is 59.1 Å². The Balaban J connectivity index is 2.12. The van der Waals surface area contributed by atoms with Crippen molar-refractivity contribution in [1.29, 1.82) is 0 Å². The number of benzene rings is 2. The molecule has 0 saturated carbocycles. The van der Waals surface area contributed by atoms with Crippen LogP contribution < -0.4 is 10.1 Å². The maximum Gasteiger partial charge on any atom is 0.308 e. The van der Waals surface area contributed by atoms with Crippen LogP contribution in [0, 0.1) is 0 Å². The first kappa shape index (κ1) is 14.5. The Kier molecular flexibility index (Phi) is 4.71. The number of halogens is 1. The number of carbonyl (C=O) groups is 1. The number of nitrogens with one attached hydrogen (secondary N) is 1. The van der Waals surface area contributed by atoms with Crippen LogP contribution in [0.4, 0.5) is 5.69 Å². The molecule has 0 bridgehead atoms. The van der Waals surface area contributed by atoms with E-state index in [9.17, 15) is 4.79 Å². The van der Waals surface area contributed by atoms with Gasteiger partial charge in [-0.15, -0.1) is 0 Å². The van der Waals surface area contributed by atoms with Crippen molar-refractivity contribution < 1.29 is 9.53 Å². The minimum Gasteiger partial charge on any atom is -0.427 e. The highest BCUT2D eigenvalue weighted by molar-refractivity contribution is 7.81. The topological polar surface area (TPSA) is 38.3 Å². The van der Waals surface area contributed by atoms with Crippen LogP contribution in [0.3, 0.4) is 0 Å². The van der Waals surface area contributed by atoms with Crippen LogP contribution in [-0.4, -0.2) is 11.0 Å². The van der Waals surface area contributed by atoms with Crippen LogP contribution in [0.2, 0.25) is 5.02 Å². The van der Waals surface area contributed by atoms with Crippen molar-refractivity contribution in [2.75, 3.05) is 5.32 Å². The number of thiocarbonyl (C=S) groups is 1. The molecule has 0 fully saturated rings. The standard InChI is InChI=1S/C15H12ClNO2S/c1-10(18)19-14-4-2-3-11(9-14)15(20)17-13-7-5-12(16)6-8-13/h2-9H,1H3,(H,17,20). The maximum atomic E-state index is 10.9. The van der Waals surface area contributed by atoms with Gasteiger partial charge < -0.3 is 10.1 Å². The number of ether oxygens (including phenoxy) is 1. The molecule has 0 unspecified atom stereocenters. The van der Waals surface area contributed by atoms with Gasteiger partial charge in [-0.05, 0) is 36.4 Å². The van der Waals surface area contributed by atoms with Crippen LogP contribution in [-0.2, 0) is 4.79 Å². The van der Waals surface area contributed by atoms with E-state index in [1.165, 1.54) is 6.92 Å². The molecule has 3 nitrogen and oxygen atoms in total. The van der Waals surface area contributed by atoms with Crippen LogP contribution in [0.15, 0.2) is 48.5 Å². The van der Waals surface area contributed by atoms with Crippen molar-refractivity contribution in [3.63, 3.8) is 0 Å². The van der Waals surface area contributed by atoms with Gasteiger partial charge in [0.1, 0.15) is 10.7 Å². The second-order valence-electron chi connectivity index (χ2n) is 4.08. The molecular formula is C15H12ClNO2S. The Bertz CT molecular complexity index is 641. The largest absolute Gasteiger partial charge is 0.427 e. The van der Waals surface area contributed by atoms with Gasteiger partial charge in [0.15, 0.2) is 0 Å². The summed E-state index contributed by atoms with van der Waals surface area (Å²) in [6.07, 6.45) is 0. The first-order valence-corrected chi connectivity index (χ1v) is 6.68. The molecule has 2 rings (SSSR count). The van der Waals surface area contributed by atoms with E-state index in [0.29, 0.717) is 15.8 Å². The second-order valence-corrected chi connectivity index (χ2v) is 4.93. The van der Waals surface area contributed by atoms with Gasteiger partial charge in [-0.1, -0.05) is 36.0 Å². The number of rotatable bonds is 3. The van der Waals surface area contributed by atoms with E-state index in [0.717, 1.165) is 11.3 Å². The molecule has 0 aliphatic rings. The predicted octanol–water partition coefficient (Wildman–Crippen LogP) is 4.05. The number of carbonyl (C=O) groups excluding carboxylic acids is 1. The third-order valence-corrected chi connectivity index (χ3v) is 3.05. The molecule has 5 heteroatoms. The third-order valence-electron chi connectivity index (χ3n) is 2.46. The zero-order chi connectivity index (χ0) is 14.5. The van der Waals surface area contributed by atoms with Crippen LogP contribution >= 0.6 is 23.8 Å². The van der Waals surface area contributed by atoms with E-state index >= 15 is 0 Å². The van der Waals surface area contributed by atoms with Crippen LogP contribution in [0.25, 0.3) is 0 Å². The summed E-state index contributed by atoms with van der Waals surface area (Å²) in [4.78, 5) is 11.5. The van der Waals surface area contributed by atoms with Gasteiger partial charge in [0, 0.05) is 23.2 Å². The van der Waals surface area contributed by atoms with E-state index < -0.39 is 0 Å². The first-order chi connectivity index (χ1) is 9.54. The lowest BCUT2D eigenvalue weighted by Crippen LogP contribution is -2.11. The van der Waals surface area contributed by atoms with Crippen molar-refractivity contribution in [3.8, 4) is 5.75 Å². The number of hydrogen-bond acceptors (Lipinski definition) is 3. The molecule has 0 spiro atoms. The van der Waals surface area contributed by atoms with Gasteiger partial charge >= 0.3 is 5.97 Å². The van der Waals surface area contributed by atoms with Crippen molar-refractivity contribution in [2.45, 2.75) is 6.92 Å². The van der Waals surface area contributed by atoms with E-state index in [2.05, 4.69) is 5.32 Å². The van der Waals surface area contributed by atoms with Gasteiger partial charge in [-0.2, -0.15) is 0 Å². The number of esters is 1. The summed E-state index contributed by atoms with van der Waals surface area (Å²) in [6, 6.07) is 14.3. The molecule has 102 valence electrons. The van der Waals surface area contributed by atoms with E-state index in [4.69, 9.17) is 28.6 Å². The Morgan fingerprint density at radius 1 is 1.20 bits per heavy atom. The highest BCUT2D eigenvalue weighted by Crippen LogP contribution is 2.17. The molecule has 0 saturated heterocycles. The average Bonchev–Trinajstić information content (AvgIpc) is 2.41. The Hall–Kier alpha value is -1.91. The van der Waals surface area contributed by atoms with E-state index in [-0.39, 0.29) is 5.97 Å². The molecule has 0 aliphatic heterocycles. The predicted molar refractivity (Wildman–Crippen MR) is 84.5 cm³/mol. The van der Waals surface area contributed by atoms with Gasteiger partial charge in [-0.3, -0.25) is 4.79 Å². The highest BCUT2D eigenvalue weighted by atomic mass is 35.5. The van der Waals surface area contributed by atoms with Gasteiger partial charge in [0.05, 0.1) is 0 Å². The zero-order valence-corrected chi connectivity index (χ0v) is 12.3. The smallest absolute Gasteiger partial charge is 0.308 e. The molecule has 0 heterocycles. The summed E-state index contributed by atoms with van der Waals surface area (Å²) in [6.45, 7) is 1.36. The average molecular weight is 306 g/mol. The van der Waals surface area contributed by atoms with Gasteiger partial charge in [-0.25, -0.2) is 0 Å². The number of anilines is 1. The second kappa shape index (κ2) is 6.50. The lowest BCUT2D eigenvalue weighted by atomic mass is 10.2. The molecule has 0 aliphatic carbocycles. The lowest BCUT2D eigenvalue weighted by molar-refractivity contribution is -0.131. The monoisotopic (exact) mass is 305 g/mol. The van der Waals surface area contributed by atoms with Crippen LogP contribution in [0.5, 0.6) is 5.75 Å². The molecule has 1 N–H and O–H groups in total. The normalized spacial score (nSPS) is 9.90. The zero-order valence-electron chi connectivity index (χ0n) is 10.7. The van der Waals surface area contributed by atoms with Crippen molar-refractivity contribution in [1.82, 2.24) is 0 Å². The van der Waals surface area contributed by atoms with Gasteiger partial charge in [0.25, 0.3) is 0 Å². The fourth-order valence-electron chi connectivity index (χ4n) is 1.60. The summed E-state index contributed by atoms with van der Waals surface area (Å²) in [5, 5.41) is 3.76. The van der Waals surface area contributed by atoms with Crippen LogP contribution in [0.1, 0.15) is 12.5 Å². The van der Waals surface area contributed by atoms with E-state index in [1.54, 1.807) is 30.3 Å². The Morgan fingerprint density at radius 2 is 1.90 bits per heavy atom. The summed E-state index contributed by atoms with van der Waals surface area (Å²) in [7, 11) is 0. The summed E-state index contributed by atoms with van der Waals surface area (Å²) in [5.41, 5.74) is 1.62. The fraction of sp³-hybridized carbons (Fsp3) is 0.0667. The molecule has 20 heavy (non-hydrogen) atoms. The minimum absolute atomic E-state index is 0.362. The molecule has 0 atom stereocenters. The van der Waals surface area contributed by atoms with Gasteiger partial charge in [0.2, 0.25) is 0 Å². The maximum absolute atomic E-state index is 10.9. The lowest BCUT2D eigenvalue weighted by Gasteiger charge is -2.09.